The van der Waals surface area contributed by atoms with E-state index in [1.54, 1.807) is 7.11 Å². The minimum Gasteiger partial charge on any atom is -0.506 e. The molecule has 2 atom stereocenters. The first-order valence-electron chi connectivity index (χ1n) is 9.20. The molecule has 7 heteroatoms. The van der Waals surface area contributed by atoms with Crippen molar-refractivity contribution in [3.63, 3.8) is 0 Å². The summed E-state index contributed by atoms with van der Waals surface area (Å²) in [5, 5.41) is 10.8. The summed E-state index contributed by atoms with van der Waals surface area (Å²) in [7, 11) is 1.55. The van der Waals surface area contributed by atoms with Crippen LogP contribution in [0.3, 0.4) is 0 Å². The van der Waals surface area contributed by atoms with Gasteiger partial charge in [-0.05, 0) is 44.2 Å². The Labute approximate surface area is 156 Å². The van der Waals surface area contributed by atoms with E-state index < -0.39 is 12.8 Å². The highest BCUT2D eigenvalue weighted by atomic mass is 19.3. The van der Waals surface area contributed by atoms with Crippen LogP contribution >= 0.6 is 0 Å². The maximum Gasteiger partial charge on any atom is 0.244 e. The summed E-state index contributed by atoms with van der Waals surface area (Å²) in [6, 6.07) is 2.89. The van der Waals surface area contributed by atoms with Crippen molar-refractivity contribution in [1.29, 1.82) is 0 Å². The van der Waals surface area contributed by atoms with Gasteiger partial charge in [-0.1, -0.05) is 0 Å². The quantitative estimate of drug-likeness (QED) is 0.340. The van der Waals surface area contributed by atoms with Gasteiger partial charge in [0.05, 0.1) is 12.1 Å². The van der Waals surface area contributed by atoms with Gasteiger partial charge in [-0.2, -0.15) is 0 Å². The van der Waals surface area contributed by atoms with Crippen molar-refractivity contribution in [2.75, 3.05) is 13.7 Å². The van der Waals surface area contributed by atoms with Crippen LogP contribution < -0.4 is 0 Å². The Morgan fingerprint density at radius 3 is 2.52 bits per heavy atom. The highest BCUT2D eigenvalue weighted by molar-refractivity contribution is 6.27. The number of hydrogen-bond acceptors (Lipinski definition) is 5. The summed E-state index contributed by atoms with van der Waals surface area (Å²) in [4.78, 5) is 29.5. The minimum atomic E-state index is -2.53. The maximum atomic E-state index is 12.7. The second kappa shape index (κ2) is 8.25. The minimum absolute atomic E-state index is 0.148. The number of aromatic nitrogens is 1. The third-order valence-corrected chi connectivity index (χ3v) is 5.32. The molecule has 0 radical (unpaired) electrons. The summed E-state index contributed by atoms with van der Waals surface area (Å²) in [6.07, 6.45) is -0.176. The van der Waals surface area contributed by atoms with E-state index >= 15 is 0 Å². The number of aryl methyl sites for hydroxylation is 1. The zero-order valence-corrected chi connectivity index (χ0v) is 15.2. The molecule has 0 saturated heterocycles. The van der Waals surface area contributed by atoms with Crippen molar-refractivity contribution in [2.24, 2.45) is 11.8 Å². The third kappa shape index (κ3) is 4.08. The number of allylic oxidation sites excluding steroid dienone is 1. The molecular formula is C20H23F2NO4. The SMILES string of the molecule is COCCCc1nc(CC(F)F)ccc1C(O)=C1C(=O)C2CCC(C2)C1=O. The molecule has 0 spiro atoms. The molecule has 0 aromatic carbocycles. The van der Waals surface area contributed by atoms with Crippen LogP contribution in [0.4, 0.5) is 8.78 Å². The molecule has 5 nitrogen and oxygen atoms in total. The molecule has 1 N–H and O–H groups in total. The second-order valence-electron chi connectivity index (χ2n) is 7.15. The standard InChI is InChI=1S/C20H23F2NO4/c1-27-8-2-3-15-14(7-6-13(23-15)10-16(21)22)20(26)17-18(24)11-4-5-12(9-11)19(17)25/h6-7,11-12,16,26H,2-5,8-10H2,1H3. The Morgan fingerprint density at radius 1 is 1.26 bits per heavy atom. The van der Waals surface area contributed by atoms with Crippen LogP contribution in [0.15, 0.2) is 17.7 Å². The number of fused-ring (bicyclic) bond motifs is 2. The predicted octanol–water partition coefficient (Wildman–Crippen LogP) is 3.31. The van der Waals surface area contributed by atoms with Crippen LogP contribution in [0.5, 0.6) is 0 Å². The van der Waals surface area contributed by atoms with Crippen LogP contribution in [0.2, 0.25) is 0 Å². The number of carbonyl (C=O) groups excluding carboxylic acids is 2. The molecule has 1 heterocycles. The van der Waals surface area contributed by atoms with Gasteiger partial charge >= 0.3 is 0 Å². The second-order valence-corrected chi connectivity index (χ2v) is 7.15. The summed E-state index contributed by atoms with van der Waals surface area (Å²) in [5.41, 5.74) is 0.723. The van der Waals surface area contributed by atoms with Gasteiger partial charge in [0, 0.05) is 36.8 Å². The van der Waals surface area contributed by atoms with Gasteiger partial charge in [0.15, 0.2) is 11.6 Å². The highest BCUT2D eigenvalue weighted by Gasteiger charge is 2.45. The smallest absolute Gasteiger partial charge is 0.244 e. The average Bonchev–Trinajstić information content (AvgIpc) is 3.07. The molecular weight excluding hydrogens is 356 g/mol. The van der Waals surface area contributed by atoms with Crippen molar-refractivity contribution in [2.45, 2.75) is 45.0 Å². The number of Topliss-reactive ketones (excluding diaryl/α,β-unsaturated/α-hetero) is 2. The van der Waals surface area contributed by atoms with Crippen LogP contribution in [0.25, 0.3) is 5.76 Å². The van der Waals surface area contributed by atoms with E-state index in [0.29, 0.717) is 44.4 Å². The van der Waals surface area contributed by atoms with Gasteiger partial charge in [0.2, 0.25) is 6.43 Å². The zero-order chi connectivity index (χ0) is 19.6. The fourth-order valence-corrected chi connectivity index (χ4v) is 3.96. The Kier molecular flexibility index (Phi) is 5.99. The van der Waals surface area contributed by atoms with E-state index in [0.717, 1.165) is 0 Å². The van der Waals surface area contributed by atoms with E-state index in [1.165, 1.54) is 12.1 Å². The summed E-state index contributed by atoms with van der Waals surface area (Å²) < 4.78 is 30.4. The Bertz CT molecular complexity index is 751. The first-order valence-corrected chi connectivity index (χ1v) is 9.20. The molecule has 2 aliphatic rings. The molecule has 2 saturated carbocycles. The molecule has 3 rings (SSSR count). The van der Waals surface area contributed by atoms with Gasteiger partial charge in [-0.3, -0.25) is 14.6 Å². The first-order chi connectivity index (χ1) is 12.9. The Hall–Kier alpha value is -2.15. The average molecular weight is 379 g/mol. The number of carbonyl (C=O) groups is 2. The Morgan fingerprint density at radius 2 is 1.93 bits per heavy atom. The van der Waals surface area contributed by atoms with E-state index in [9.17, 15) is 23.5 Å². The molecule has 1 aromatic rings. The van der Waals surface area contributed by atoms with Gasteiger partial charge in [0.1, 0.15) is 11.3 Å². The number of ether oxygens (including phenoxy) is 1. The lowest BCUT2D eigenvalue weighted by molar-refractivity contribution is -0.127. The summed E-state index contributed by atoms with van der Waals surface area (Å²) in [5.74, 6) is -1.43. The Balaban J connectivity index is 2.00. The number of methoxy groups -OCH3 is 1. The number of hydrogen-bond donors (Lipinski definition) is 1. The number of ketones is 2. The predicted molar refractivity (Wildman–Crippen MR) is 94.5 cm³/mol. The molecule has 0 aliphatic heterocycles. The molecule has 2 fully saturated rings. The van der Waals surface area contributed by atoms with E-state index in [1.807, 2.05) is 0 Å². The lowest BCUT2D eigenvalue weighted by atomic mass is 9.81. The van der Waals surface area contributed by atoms with Gasteiger partial charge < -0.3 is 9.84 Å². The van der Waals surface area contributed by atoms with Gasteiger partial charge in [0.25, 0.3) is 0 Å². The van der Waals surface area contributed by atoms with E-state index in [2.05, 4.69) is 4.98 Å². The maximum absolute atomic E-state index is 12.7. The van der Waals surface area contributed by atoms with Crippen molar-refractivity contribution >= 4 is 17.3 Å². The van der Waals surface area contributed by atoms with Crippen LogP contribution in [0.1, 0.15) is 42.6 Å². The lowest BCUT2D eigenvalue weighted by Crippen LogP contribution is -2.30. The number of aliphatic hydroxyl groups excluding tert-OH is 1. The van der Waals surface area contributed by atoms with Gasteiger partial charge in [-0.25, -0.2) is 8.78 Å². The largest absolute Gasteiger partial charge is 0.506 e. The fraction of sp³-hybridized carbons (Fsp3) is 0.550. The topological polar surface area (TPSA) is 76.5 Å². The number of nitrogens with zero attached hydrogens (tertiary/aromatic N) is 1. The third-order valence-electron chi connectivity index (χ3n) is 5.32. The van der Waals surface area contributed by atoms with Crippen molar-refractivity contribution in [1.82, 2.24) is 4.98 Å². The van der Waals surface area contributed by atoms with Crippen LogP contribution in [-0.2, 0) is 27.2 Å². The molecule has 2 unspecified atom stereocenters. The number of aliphatic hydroxyl groups is 1. The normalized spacial score (nSPS) is 22.0. The molecule has 146 valence electrons. The number of pyridine rings is 1. The molecule has 2 bridgehead atoms. The van der Waals surface area contributed by atoms with Crippen molar-refractivity contribution < 1.29 is 28.2 Å². The number of alkyl halides is 2. The van der Waals surface area contributed by atoms with E-state index in [-0.39, 0.29) is 46.0 Å². The molecule has 1 aromatic heterocycles. The van der Waals surface area contributed by atoms with E-state index in [4.69, 9.17) is 4.74 Å². The zero-order valence-electron chi connectivity index (χ0n) is 15.2. The van der Waals surface area contributed by atoms with Crippen molar-refractivity contribution in [3.05, 3.63) is 34.7 Å². The fourth-order valence-electron chi connectivity index (χ4n) is 3.96. The highest BCUT2D eigenvalue weighted by Crippen LogP contribution is 2.42. The van der Waals surface area contributed by atoms with Crippen molar-refractivity contribution in [3.8, 4) is 0 Å². The summed E-state index contributed by atoms with van der Waals surface area (Å²) in [6.45, 7) is 0.444. The monoisotopic (exact) mass is 379 g/mol. The molecule has 27 heavy (non-hydrogen) atoms. The van der Waals surface area contributed by atoms with Crippen LogP contribution in [0, 0.1) is 11.8 Å². The lowest BCUT2D eigenvalue weighted by Gasteiger charge is -2.21. The number of halogens is 2. The number of rotatable bonds is 7. The molecule has 0 amide bonds. The molecule has 2 aliphatic carbocycles. The van der Waals surface area contributed by atoms with Crippen LogP contribution in [-0.4, -0.2) is 41.8 Å². The summed E-state index contributed by atoms with van der Waals surface area (Å²) >= 11 is 0. The van der Waals surface area contributed by atoms with Gasteiger partial charge in [-0.15, -0.1) is 0 Å². The first kappa shape index (κ1) is 19.6.